The van der Waals surface area contributed by atoms with Gasteiger partial charge < -0.3 is 20.3 Å². The molecule has 1 aliphatic carbocycles. The number of anilines is 2. The van der Waals surface area contributed by atoms with Crippen molar-refractivity contribution in [2.45, 2.75) is 39.3 Å². The van der Waals surface area contributed by atoms with E-state index in [0.717, 1.165) is 28.2 Å². The predicted octanol–water partition coefficient (Wildman–Crippen LogP) is 5.55. The number of halogens is 1. The minimum absolute atomic E-state index is 0.0188. The standard InChI is InChI=1S/C32H32FN3O4/c1-32(2)16-25-29(27(37)17-32)30(21-10-12-22(13-11-21)31(39)40-3)36(26-7-5-4-6-24(26)35-25)19-28(38)34-18-20-8-14-23(33)15-9-20/h4-15,30,35H,16-19H2,1-3H3,(H,34,38). The Morgan fingerprint density at radius 1 is 1.02 bits per heavy atom. The van der Waals surface area contributed by atoms with Gasteiger partial charge in [-0.3, -0.25) is 9.59 Å². The summed E-state index contributed by atoms with van der Waals surface area (Å²) in [5, 5.41) is 6.46. The highest BCUT2D eigenvalue weighted by atomic mass is 19.1. The number of Topliss-reactive ketones (excluding diaryl/α,β-unsaturated/α-hetero) is 1. The lowest BCUT2D eigenvalue weighted by molar-refractivity contribution is -0.120. The van der Waals surface area contributed by atoms with Crippen molar-refractivity contribution in [2.24, 2.45) is 5.41 Å². The third kappa shape index (κ3) is 5.61. The molecule has 1 aliphatic heterocycles. The number of ketones is 1. The topological polar surface area (TPSA) is 87.7 Å². The molecule has 0 saturated heterocycles. The van der Waals surface area contributed by atoms with E-state index in [0.29, 0.717) is 24.0 Å². The fraction of sp³-hybridized carbons (Fsp3) is 0.281. The smallest absolute Gasteiger partial charge is 0.337 e. The number of hydrogen-bond donors (Lipinski definition) is 2. The van der Waals surface area contributed by atoms with Gasteiger partial charge in [0.1, 0.15) is 5.82 Å². The molecule has 5 rings (SSSR count). The second-order valence-corrected chi connectivity index (χ2v) is 11.0. The second-order valence-electron chi connectivity index (χ2n) is 11.0. The van der Waals surface area contributed by atoms with Crippen LogP contribution in [0.25, 0.3) is 0 Å². The Bertz CT molecular complexity index is 1480. The largest absolute Gasteiger partial charge is 0.465 e. The van der Waals surface area contributed by atoms with Crippen LogP contribution in [0.2, 0.25) is 0 Å². The van der Waals surface area contributed by atoms with Crippen LogP contribution in [0, 0.1) is 11.2 Å². The summed E-state index contributed by atoms with van der Waals surface area (Å²) in [5.74, 6) is -1.02. The Morgan fingerprint density at radius 3 is 2.42 bits per heavy atom. The number of carbonyl (C=O) groups is 3. The molecule has 3 aromatic carbocycles. The predicted molar refractivity (Wildman–Crippen MR) is 151 cm³/mol. The van der Waals surface area contributed by atoms with E-state index in [9.17, 15) is 18.8 Å². The summed E-state index contributed by atoms with van der Waals surface area (Å²) in [6.07, 6.45) is 1.05. The van der Waals surface area contributed by atoms with Crippen molar-refractivity contribution in [3.8, 4) is 0 Å². The lowest BCUT2D eigenvalue weighted by Crippen LogP contribution is -2.41. The number of fused-ring (bicyclic) bond motifs is 1. The van der Waals surface area contributed by atoms with Gasteiger partial charge in [0.25, 0.3) is 0 Å². The first-order valence-corrected chi connectivity index (χ1v) is 13.2. The van der Waals surface area contributed by atoms with Crippen LogP contribution >= 0.6 is 0 Å². The number of hydrogen-bond acceptors (Lipinski definition) is 6. The molecule has 1 unspecified atom stereocenters. The molecule has 0 saturated carbocycles. The zero-order valence-corrected chi connectivity index (χ0v) is 22.8. The van der Waals surface area contributed by atoms with Crippen LogP contribution in [0.5, 0.6) is 0 Å². The van der Waals surface area contributed by atoms with Gasteiger partial charge in [-0.15, -0.1) is 0 Å². The Hall–Kier alpha value is -4.46. The highest BCUT2D eigenvalue weighted by molar-refractivity contribution is 6.02. The number of methoxy groups -OCH3 is 1. The number of esters is 1. The molecule has 206 valence electrons. The summed E-state index contributed by atoms with van der Waals surface area (Å²) >= 11 is 0. The van der Waals surface area contributed by atoms with Crippen molar-refractivity contribution in [2.75, 3.05) is 23.9 Å². The molecule has 0 radical (unpaired) electrons. The number of ether oxygens (including phenoxy) is 1. The highest BCUT2D eigenvalue weighted by Crippen LogP contribution is 2.48. The van der Waals surface area contributed by atoms with Crippen molar-refractivity contribution in [1.82, 2.24) is 5.32 Å². The van der Waals surface area contributed by atoms with Crippen molar-refractivity contribution in [3.63, 3.8) is 0 Å². The Kier molecular flexibility index (Phi) is 7.43. The number of benzene rings is 3. The molecule has 3 aromatic rings. The van der Waals surface area contributed by atoms with E-state index in [1.54, 1.807) is 24.3 Å². The molecule has 0 bridgehead atoms. The minimum atomic E-state index is -0.571. The zero-order chi connectivity index (χ0) is 28.4. The van der Waals surface area contributed by atoms with Gasteiger partial charge in [-0.05, 0) is 59.4 Å². The molecule has 8 heteroatoms. The van der Waals surface area contributed by atoms with Crippen LogP contribution in [0.3, 0.4) is 0 Å². The first-order chi connectivity index (χ1) is 19.1. The first kappa shape index (κ1) is 27.1. The molecular weight excluding hydrogens is 509 g/mol. The first-order valence-electron chi connectivity index (χ1n) is 13.2. The lowest BCUT2D eigenvalue weighted by Gasteiger charge is -2.38. The van der Waals surface area contributed by atoms with Gasteiger partial charge in [0.15, 0.2) is 5.78 Å². The van der Waals surface area contributed by atoms with Crippen molar-refractivity contribution >= 4 is 29.0 Å². The lowest BCUT2D eigenvalue weighted by atomic mass is 9.73. The molecule has 1 amide bonds. The van der Waals surface area contributed by atoms with Crippen LogP contribution in [-0.4, -0.2) is 31.3 Å². The monoisotopic (exact) mass is 541 g/mol. The van der Waals surface area contributed by atoms with E-state index in [4.69, 9.17) is 4.74 Å². The van der Waals surface area contributed by atoms with Gasteiger partial charge in [-0.1, -0.05) is 50.2 Å². The average Bonchev–Trinajstić information content (AvgIpc) is 3.06. The SMILES string of the molecule is COC(=O)c1ccc(C2C3=C(CC(C)(C)CC3=O)Nc3ccccc3N2CC(=O)NCc2ccc(F)cc2)cc1. The summed E-state index contributed by atoms with van der Waals surface area (Å²) in [5.41, 5.74) is 4.76. The molecule has 40 heavy (non-hydrogen) atoms. The van der Waals surface area contributed by atoms with Gasteiger partial charge in [0, 0.05) is 24.2 Å². The molecule has 2 aliphatic rings. The normalized spacial score (nSPS) is 17.8. The van der Waals surface area contributed by atoms with Crippen LogP contribution in [-0.2, 0) is 20.9 Å². The Labute approximate surface area is 233 Å². The number of allylic oxidation sites excluding steroid dienone is 1. The van der Waals surface area contributed by atoms with E-state index in [-0.39, 0.29) is 36.0 Å². The number of rotatable bonds is 6. The number of para-hydroxylation sites is 2. The van der Waals surface area contributed by atoms with Gasteiger partial charge >= 0.3 is 5.97 Å². The van der Waals surface area contributed by atoms with E-state index in [1.165, 1.54) is 19.2 Å². The van der Waals surface area contributed by atoms with Crippen LogP contribution in [0.1, 0.15) is 54.2 Å². The average molecular weight is 542 g/mol. The van der Waals surface area contributed by atoms with Crippen molar-refractivity contribution < 1.29 is 23.5 Å². The molecular formula is C32H32FN3O4. The summed E-state index contributed by atoms with van der Waals surface area (Å²) in [4.78, 5) is 41.2. The number of nitrogens with one attached hydrogen (secondary N) is 2. The van der Waals surface area contributed by atoms with E-state index >= 15 is 0 Å². The van der Waals surface area contributed by atoms with Gasteiger partial charge in [0.2, 0.25) is 5.91 Å². The van der Waals surface area contributed by atoms with E-state index in [2.05, 4.69) is 24.5 Å². The van der Waals surface area contributed by atoms with Crippen molar-refractivity contribution in [3.05, 3.63) is 107 Å². The molecule has 2 N–H and O–H groups in total. The Balaban J connectivity index is 1.57. The van der Waals surface area contributed by atoms with Gasteiger partial charge in [0.05, 0.1) is 36.6 Å². The molecule has 1 atom stereocenters. The maximum absolute atomic E-state index is 13.8. The molecule has 0 aromatic heterocycles. The quantitative estimate of drug-likeness (QED) is 0.398. The molecule has 7 nitrogen and oxygen atoms in total. The Morgan fingerprint density at radius 2 is 1.73 bits per heavy atom. The number of nitrogens with zero attached hydrogens (tertiary/aromatic N) is 1. The van der Waals surface area contributed by atoms with Crippen LogP contribution in [0.4, 0.5) is 15.8 Å². The van der Waals surface area contributed by atoms with Crippen LogP contribution < -0.4 is 15.5 Å². The molecule has 0 spiro atoms. The summed E-state index contributed by atoms with van der Waals surface area (Å²) < 4.78 is 18.2. The maximum atomic E-state index is 13.8. The minimum Gasteiger partial charge on any atom is -0.465 e. The zero-order valence-electron chi connectivity index (χ0n) is 22.8. The highest BCUT2D eigenvalue weighted by Gasteiger charge is 2.41. The third-order valence-corrected chi connectivity index (χ3v) is 7.37. The summed E-state index contributed by atoms with van der Waals surface area (Å²) in [7, 11) is 1.33. The maximum Gasteiger partial charge on any atom is 0.337 e. The summed E-state index contributed by atoms with van der Waals surface area (Å²) in [6, 6.07) is 20.1. The second kappa shape index (κ2) is 11.0. The van der Waals surface area contributed by atoms with Crippen LogP contribution in [0.15, 0.2) is 84.1 Å². The molecule has 1 heterocycles. The van der Waals surface area contributed by atoms with Gasteiger partial charge in [-0.2, -0.15) is 0 Å². The number of amides is 1. The fourth-order valence-electron chi connectivity index (χ4n) is 5.51. The van der Waals surface area contributed by atoms with Gasteiger partial charge in [-0.25, -0.2) is 9.18 Å². The fourth-order valence-corrected chi connectivity index (χ4v) is 5.51. The molecule has 0 fully saturated rings. The van der Waals surface area contributed by atoms with Crippen molar-refractivity contribution in [1.29, 1.82) is 0 Å². The van der Waals surface area contributed by atoms with E-state index < -0.39 is 12.0 Å². The number of carbonyl (C=O) groups excluding carboxylic acids is 3. The van der Waals surface area contributed by atoms with E-state index in [1.807, 2.05) is 41.3 Å². The third-order valence-electron chi connectivity index (χ3n) is 7.37. The summed E-state index contributed by atoms with van der Waals surface area (Å²) in [6.45, 7) is 4.37.